The molecular weight excluding hydrogens is 220 g/mol. The maximum atomic E-state index is 3.43. The van der Waals surface area contributed by atoms with Gasteiger partial charge in [-0.25, -0.2) is 0 Å². The van der Waals surface area contributed by atoms with Gasteiger partial charge in [0.1, 0.15) is 0 Å². The number of hydrogen-bond acceptors (Lipinski definition) is 2. The van der Waals surface area contributed by atoms with E-state index in [1.54, 1.807) is 0 Å². The van der Waals surface area contributed by atoms with E-state index in [2.05, 4.69) is 55.4 Å². The van der Waals surface area contributed by atoms with Gasteiger partial charge in [-0.3, -0.25) is 4.90 Å². The second-order valence-corrected chi connectivity index (χ2v) is 5.46. The van der Waals surface area contributed by atoms with Crippen molar-refractivity contribution in [2.45, 2.75) is 45.2 Å². The number of aryl methyl sites for hydroxylation is 1. The Morgan fingerprint density at radius 2 is 2.06 bits per heavy atom. The van der Waals surface area contributed by atoms with Crippen LogP contribution in [0.5, 0.6) is 0 Å². The Hall–Kier alpha value is -0.860. The van der Waals surface area contributed by atoms with Crippen LogP contribution in [-0.4, -0.2) is 31.1 Å². The minimum absolute atomic E-state index is 0.585. The van der Waals surface area contributed by atoms with Gasteiger partial charge in [0, 0.05) is 18.6 Å². The predicted octanol–water partition coefficient (Wildman–Crippen LogP) is 3.13. The van der Waals surface area contributed by atoms with E-state index in [1.165, 1.54) is 43.5 Å². The molecule has 2 atom stereocenters. The molecule has 0 bridgehead atoms. The quantitative estimate of drug-likeness (QED) is 0.878. The number of piperidine rings is 1. The largest absolute Gasteiger partial charge is 0.316 e. The minimum atomic E-state index is 0.585. The maximum Gasteiger partial charge on any atom is 0.0346 e. The Morgan fingerprint density at radius 3 is 2.67 bits per heavy atom. The van der Waals surface area contributed by atoms with Crippen molar-refractivity contribution in [2.75, 3.05) is 20.1 Å². The molecule has 2 unspecified atom stereocenters. The molecular formula is C16H26N2. The molecule has 0 amide bonds. The molecule has 1 aromatic rings. The lowest BCUT2D eigenvalue weighted by Gasteiger charge is -2.38. The van der Waals surface area contributed by atoms with Crippen LogP contribution in [0.25, 0.3) is 0 Å². The monoisotopic (exact) mass is 246 g/mol. The SMILES string of the molecule is CCC(c1ccc(C)cc1)N1CCCC(NC)C1. The topological polar surface area (TPSA) is 15.3 Å². The van der Waals surface area contributed by atoms with Crippen molar-refractivity contribution in [3.05, 3.63) is 35.4 Å². The number of likely N-dealkylation sites (tertiary alicyclic amines) is 1. The van der Waals surface area contributed by atoms with Gasteiger partial charge in [0.25, 0.3) is 0 Å². The van der Waals surface area contributed by atoms with E-state index in [9.17, 15) is 0 Å². The van der Waals surface area contributed by atoms with Crippen LogP contribution >= 0.6 is 0 Å². The lowest BCUT2D eigenvalue weighted by Crippen LogP contribution is -2.45. The van der Waals surface area contributed by atoms with Gasteiger partial charge in [-0.05, 0) is 45.3 Å². The van der Waals surface area contributed by atoms with E-state index < -0.39 is 0 Å². The molecule has 1 aliphatic rings. The maximum absolute atomic E-state index is 3.43. The fraction of sp³-hybridized carbons (Fsp3) is 0.625. The third kappa shape index (κ3) is 3.12. The molecule has 2 heteroatoms. The number of rotatable bonds is 4. The van der Waals surface area contributed by atoms with Gasteiger partial charge in [0.05, 0.1) is 0 Å². The predicted molar refractivity (Wildman–Crippen MR) is 77.9 cm³/mol. The second-order valence-electron chi connectivity index (χ2n) is 5.46. The van der Waals surface area contributed by atoms with Gasteiger partial charge in [0.2, 0.25) is 0 Å². The first kappa shape index (κ1) is 13.6. The van der Waals surface area contributed by atoms with Crippen LogP contribution < -0.4 is 5.32 Å². The molecule has 1 fully saturated rings. The molecule has 18 heavy (non-hydrogen) atoms. The fourth-order valence-electron chi connectivity index (χ4n) is 3.02. The lowest BCUT2D eigenvalue weighted by atomic mass is 9.97. The van der Waals surface area contributed by atoms with Crippen molar-refractivity contribution in [3.63, 3.8) is 0 Å². The average molecular weight is 246 g/mol. The molecule has 0 radical (unpaired) electrons. The van der Waals surface area contributed by atoms with Crippen molar-refractivity contribution >= 4 is 0 Å². The van der Waals surface area contributed by atoms with Crippen LogP contribution in [0.3, 0.4) is 0 Å². The van der Waals surface area contributed by atoms with E-state index in [-0.39, 0.29) is 0 Å². The zero-order valence-electron chi connectivity index (χ0n) is 11.9. The van der Waals surface area contributed by atoms with Crippen molar-refractivity contribution in [1.29, 1.82) is 0 Å². The van der Waals surface area contributed by atoms with Crippen LogP contribution in [0.15, 0.2) is 24.3 Å². The minimum Gasteiger partial charge on any atom is -0.316 e. The van der Waals surface area contributed by atoms with Crippen molar-refractivity contribution in [1.82, 2.24) is 10.2 Å². The van der Waals surface area contributed by atoms with Gasteiger partial charge >= 0.3 is 0 Å². The summed E-state index contributed by atoms with van der Waals surface area (Å²) in [4.78, 5) is 2.65. The molecule has 1 saturated heterocycles. The van der Waals surface area contributed by atoms with Crippen molar-refractivity contribution < 1.29 is 0 Å². The molecule has 1 heterocycles. The molecule has 2 nitrogen and oxygen atoms in total. The smallest absolute Gasteiger partial charge is 0.0346 e. The van der Waals surface area contributed by atoms with E-state index in [4.69, 9.17) is 0 Å². The second kappa shape index (κ2) is 6.35. The highest BCUT2D eigenvalue weighted by Gasteiger charge is 2.24. The van der Waals surface area contributed by atoms with Crippen LogP contribution in [0, 0.1) is 6.92 Å². The third-order valence-electron chi connectivity index (χ3n) is 4.15. The summed E-state index contributed by atoms with van der Waals surface area (Å²) in [5.41, 5.74) is 2.82. The number of nitrogens with one attached hydrogen (secondary N) is 1. The molecule has 0 spiro atoms. The van der Waals surface area contributed by atoms with Crippen molar-refractivity contribution in [3.8, 4) is 0 Å². The summed E-state index contributed by atoms with van der Waals surface area (Å²) in [6, 6.07) is 10.3. The Balaban J connectivity index is 2.10. The molecule has 0 saturated carbocycles. The highest BCUT2D eigenvalue weighted by Crippen LogP contribution is 2.27. The van der Waals surface area contributed by atoms with Crippen LogP contribution in [0.4, 0.5) is 0 Å². The van der Waals surface area contributed by atoms with Crippen LogP contribution in [0.1, 0.15) is 43.4 Å². The molecule has 1 aromatic carbocycles. The van der Waals surface area contributed by atoms with Gasteiger partial charge < -0.3 is 5.32 Å². The summed E-state index contributed by atoms with van der Waals surface area (Å²) in [6.45, 7) is 6.88. The Bertz CT molecular complexity index is 358. The normalized spacial score (nSPS) is 22.9. The first-order valence-corrected chi connectivity index (χ1v) is 7.22. The number of nitrogens with zero attached hydrogens (tertiary/aromatic N) is 1. The molecule has 2 rings (SSSR count). The van der Waals surface area contributed by atoms with E-state index >= 15 is 0 Å². The zero-order chi connectivity index (χ0) is 13.0. The first-order chi connectivity index (χ1) is 8.74. The van der Waals surface area contributed by atoms with E-state index in [0.717, 1.165) is 0 Å². The number of likely N-dealkylation sites (N-methyl/N-ethyl adjacent to an activating group) is 1. The van der Waals surface area contributed by atoms with Crippen molar-refractivity contribution in [2.24, 2.45) is 0 Å². The van der Waals surface area contributed by atoms with Gasteiger partial charge in [0.15, 0.2) is 0 Å². The summed E-state index contributed by atoms with van der Waals surface area (Å²) in [6.07, 6.45) is 3.82. The molecule has 0 aromatic heterocycles. The highest BCUT2D eigenvalue weighted by molar-refractivity contribution is 5.24. The third-order valence-corrected chi connectivity index (χ3v) is 4.15. The van der Waals surface area contributed by atoms with Gasteiger partial charge in [-0.1, -0.05) is 36.8 Å². The summed E-state index contributed by atoms with van der Waals surface area (Å²) < 4.78 is 0. The highest BCUT2D eigenvalue weighted by atomic mass is 15.2. The lowest BCUT2D eigenvalue weighted by molar-refractivity contribution is 0.136. The van der Waals surface area contributed by atoms with E-state index in [0.29, 0.717) is 12.1 Å². The summed E-state index contributed by atoms with van der Waals surface area (Å²) in [5, 5.41) is 3.43. The Kier molecular flexibility index (Phi) is 4.79. The first-order valence-electron chi connectivity index (χ1n) is 7.22. The fourth-order valence-corrected chi connectivity index (χ4v) is 3.02. The van der Waals surface area contributed by atoms with E-state index in [1.807, 2.05) is 0 Å². The average Bonchev–Trinajstić information content (AvgIpc) is 2.42. The van der Waals surface area contributed by atoms with Crippen LogP contribution in [0.2, 0.25) is 0 Å². The molecule has 0 aliphatic carbocycles. The van der Waals surface area contributed by atoms with Gasteiger partial charge in [-0.15, -0.1) is 0 Å². The molecule has 1 N–H and O–H groups in total. The van der Waals surface area contributed by atoms with Gasteiger partial charge in [-0.2, -0.15) is 0 Å². The Morgan fingerprint density at radius 1 is 1.33 bits per heavy atom. The number of hydrogen-bond donors (Lipinski definition) is 1. The summed E-state index contributed by atoms with van der Waals surface area (Å²) in [7, 11) is 2.08. The summed E-state index contributed by atoms with van der Waals surface area (Å²) in [5.74, 6) is 0. The van der Waals surface area contributed by atoms with Crippen LogP contribution in [-0.2, 0) is 0 Å². The Labute approximate surface area is 111 Å². The molecule has 1 aliphatic heterocycles. The standard InChI is InChI=1S/C16H26N2/c1-4-16(14-9-7-13(2)8-10-14)18-11-5-6-15(12-18)17-3/h7-10,15-17H,4-6,11-12H2,1-3H3. The summed E-state index contributed by atoms with van der Waals surface area (Å²) >= 11 is 0. The number of benzene rings is 1. The zero-order valence-corrected chi connectivity index (χ0v) is 11.9. The molecule has 100 valence electrons.